The summed E-state index contributed by atoms with van der Waals surface area (Å²) in [5.41, 5.74) is 6.30. The van der Waals surface area contributed by atoms with Gasteiger partial charge in [0.1, 0.15) is 0 Å². The number of nitrogens with one attached hydrogen (secondary N) is 2. The van der Waals surface area contributed by atoms with Gasteiger partial charge in [-0.2, -0.15) is 0 Å². The van der Waals surface area contributed by atoms with E-state index in [-0.39, 0.29) is 10.8 Å². The van der Waals surface area contributed by atoms with Crippen molar-refractivity contribution in [3.63, 3.8) is 0 Å². The van der Waals surface area contributed by atoms with Gasteiger partial charge in [0.25, 0.3) is 15.9 Å². The van der Waals surface area contributed by atoms with E-state index in [1.165, 1.54) is 41.4 Å². The fourth-order valence-corrected chi connectivity index (χ4v) is 5.95. The predicted molar refractivity (Wildman–Crippen MR) is 141 cm³/mol. The number of aromatic nitrogens is 1. The highest BCUT2D eigenvalue weighted by Gasteiger charge is 2.16. The molecule has 178 valence electrons. The summed E-state index contributed by atoms with van der Waals surface area (Å²) in [6.07, 6.45) is 4.69. The normalized spacial score (nSPS) is 13.2. The molecule has 2 N–H and O–H groups in total. The minimum absolute atomic E-state index is 0.162. The van der Waals surface area contributed by atoms with Gasteiger partial charge >= 0.3 is 0 Å². The third-order valence-corrected chi connectivity index (χ3v) is 8.23. The number of nitrogens with zero attached hydrogens (tertiary/aromatic N) is 1. The predicted octanol–water partition coefficient (Wildman–Crippen LogP) is 6.05. The first-order chi connectivity index (χ1) is 16.9. The van der Waals surface area contributed by atoms with Crippen molar-refractivity contribution in [1.29, 1.82) is 0 Å². The van der Waals surface area contributed by atoms with E-state index < -0.39 is 10.0 Å². The molecule has 0 saturated heterocycles. The molecular formula is C27H25N3O3S2. The van der Waals surface area contributed by atoms with Crippen molar-refractivity contribution in [3.8, 4) is 11.3 Å². The first kappa shape index (κ1) is 23.3. The molecule has 35 heavy (non-hydrogen) atoms. The molecule has 1 aromatic heterocycles. The van der Waals surface area contributed by atoms with Gasteiger partial charge in [-0.25, -0.2) is 13.4 Å². The molecule has 1 aliphatic carbocycles. The van der Waals surface area contributed by atoms with Gasteiger partial charge < -0.3 is 0 Å². The molecule has 6 nitrogen and oxygen atoms in total. The maximum atomic E-state index is 12.9. The van der Waals surface area contributed by atoms with E-state index in [1.807, 2.05) is 12.3 Å². The number of hydrogen-bond acceptors (Lipinski definition) is 5. The van der Waals surface area contributed by atoms with E-state index in [4.69, 9.17) is 0 Å². The summed E-state index contributed by atoms with van der Waals surface area (Å²) in [6.45, 7) is 1.89. The molecule has 8 heteroatoms. The number of anilines is 2. The second kappa shape index (κ2) is 9.64. The molecule has 0 saturated carbocycles. The third kappa shape index (κ3) is 5.28. The lowest BCUT2D eigenvalue weighted by molar-refractivity contribution is 0.102. The quantitative estimate of drug-likeness (QED) is 0.335. The van der Waals surface area contributed by atoms with Crippen LogP contribution < -0.4 is 10.0 Å². The summed E-state index contributed by atoms with van der Waals surface area (Å²) in [5.74, 6) is -0.354. The van der Waals surface area contributed by atoms with E-state index in [0.717, 1.165) is 29.7 Å². The van der Waals surface area contributed by atoms with Crippen molar-refractivity contribution < 1.29 is 13.2 Å². The van der Waals surface area contributed by atoms with Crippen LogP contribution >= 0.6 is 11.3 Å². The highest BCUT2D eigenvalue weighted by atomic mass is 32.2. The molecule has 0 spiro atoms. The number of rotatable bonds is 6. The lowest BCUT2D eigenvalue weighted by Gasteiger charge is -2.16. The van der Waals surface area contributed by atoms with Crippen LogP contribution in [0.15, 0.2) is 77.0 Å². The van der Waals surface area contributed by atoms with Gasteiger partial charge in [-0.1, -0.05) is 35.9 Å². The number of fused-ring (bicyclic) bond motifs is 1. The number of aryl methyl sites for hydroxylation is 3. The molecular weight excluding hydrogens is 478 g/mol. The highest BCUT2D eigenvalue weighted by Crippen LogP contribution is 2.30. The molecule has 1 heterocycles. The Hall–Kier alpha value is -3.49. The van der Waals surface area contributed by atoms with Crippen molar-refractivity contribution in [3.05, 3.63) is 94.4 Å². The SMILES string of the molecule is Cc1ccc(S(=O)(=O)Nc2cccc(C(=O)Nc3nc(-c4ccc5c(c4)CCCC5)cs3)c2)cc1. The molecule has 0 bridgehead atoms. The summed E-state index contributed by atoms with van der Waals surface area (Å²) in [6, 6.07) is 19.5. The maximum Gasteiger partial charge on any atom is 0.261 e. The van der Waals surface area contributed by atoms with E-state index in [0.29, 0.717) is 16.4 Å². The van der Waals surface area contributed by atoms with Crippen LogP contribution in [0.1, 0.15) is 39.9 Å². The number of sulfonamides is 1. The Labute approximate surface area is 209 Å². The van der Waals surface area contributed by atoms with Crippen LogP contribution in [0.3, 0.4) is 0 Å². The molecule has 0 aliphatic heterocycles. The third-order valence-electron chi connectivity index (χ3n) is 6.08. The molecule has 0 fully saturated rings. The van der Waals surface area contributed by atoms with Crippen molar-refractivity contribution >= 4 is 38.1 Å². The number of carbonyl (C=O) groups excluding carboxylic acids is 1. The van der Waals surface area contributed by atoms with Crippen molar-refractivity contribution in [2.24, 2.45) is 0 Å². The number of benzene rings is 3. The second-order valence-electron chi connectivity index (χ2n) is 8.68. The molecule has 4 aromatic rings. The largest absolute Gasteiger partial charge is 0.298 e. The summed E-state index contributed by atoms with van der Waals surface area (Å²) in [5, 5.41) is 5.26. The van der Waals surface area contributed by atoms with Crippen LogP contribution in [-0.4, -0.2) is 19.3 Å². The van der Waals surface area contributed by atoms with Crippen LogP contribution in [-0.2, 0) is 22.9 Å². The Bertz CT molecular complexity index is 1490. The van der Waals surface area contributed by atoms with Crippen LogP contribution in [0.4, 0.5) is 10.8 Å². The Morgan fingerprint density at radius 2 is 1.71 bits per heavy atom. The topological polar surface area (TPSA) is 88.2 Å². The van der Waals surface area contributed by atoms with Crippen LogP contribution in [0.2, 0.25) is 0 Å². The van der Waals surface area contributed by atoms with Crippen LogP contribution in [0, 0.1) is 6.92 Å². The van der Waals surface area contributed by atoms with Crippen molar-refractivity contribution in [2.75, 3.05) is 10.0 Å². The average molecular weight is 504 g/mol. The first-order valence-electron chi connectivity index (χ1n) is 11.5. The van der Waals surface area contributed by atoms with Gasteiger partial charge in [-0.3, -0.25) is 14.8 Å². The van der Waals surface area contributed by atoms with E-state index in [2.05, 4.69) is 33.2 Å². The monoisotopic (exact) mass is 503 g/mol. The zero-order chi connectivity index (χ0) is 24.4. The van der Waals surface area contributed by atoms with Crippen molar-refractivity contribution in [1.82, 2.24) is 4.98 Å². The summed E-state index contributed by atoms with van der Waals surface area (Å²) in [7, 11) is -3.76. The van der Waals surface area contributed by atoms with Gasteiger partial charge in [-0.05, 0) is 80.1 Å². The minimum Gasteiger partial charge on any atom is -0.298 e. The number of amides is 1. The Balaban J connectivity index is 1.29. The van der Waals surface area contributed by atoms with Gasteiger partial charge in [0, 0.05) is 22.2 Å². The first-order valence-corrected chi connectivity index (χ1v) is 13.8. The van der Waals surface area contributed by atoms with E-state index in [1.54, 1.807) is 42.5 Å². The Morgan fingerprint density at radius 1 is 0.943 bits per heavy atom. The highest BCUT2D eigenvalue weighted by molar-refractivity contribution is 7.92. The summed E-state index contributed by atoms with van der Waals surface area (Å²) < 4.78 is 27.9. The Kier molecular flexibility index (Phi) is 6.40. The summed E-state index contributed by atoms with van der Waals surface area (Å²) in [4.78, 5) is 17.6. The molecule has 5 rings (SSSR count). The van der Waals surface area contributed by atoms with Gasteiger partial charge in [0.05, 0.1) is 10.6 Å². The second-order valence-corrected chi connectivity index (χ2v) is 11.2. The molecule has 3 aromatic carbocycles. The van der Waals surface area contributed by atoms with E-state index in [9.17, 15) is 13.2 Å². The zero-order valence-electron chi connectivity index (χ0n) is 19.2. The maximum absolute atomic E-state index is 12.9. The van der Waals surface area contributed by atoms with Crippen LogP contribution in [0.25, 0.3) is 11.3 Å². The fourth-order valence-electron chi connectivity index (χ4n) is 4.18. The van der Waals surface area contributed by atoms with Gasteiger partial charge in [-0.15, -0.1) is 11.3 Å². The van der Waals surface area contributed by atoms with Gasteiger partial charge in [0.2, 0.25) is 0 Å². The smallest absolute Gasteiger partial charge is 0.261 e. The summed E-state index contributed by atoms with van der Waals surface area (Å²) >= 11 is 1.36. The zero-order valence-corrected chi connectivity index (χ0v) is 20.9. The molecule has 0 radical (unpaired) electrons. The minimum atomic E-state index is -3.76. The van der Waals surface area contributed by atoms with Crippen LogP contribution in [0.5, 0.6) is 0 Å². The Morgan fingerprint density at radius 3 is 2.51 bits per heavy atom. The fraction of sp³-hybridized carbons (Fsp3) is 0.185. The molecule has 0 unspecified atom stereocenters. The number of hydrogen-bond donors (Lipinski definition) is 2. The van der Waals surface area contributed by atoms with Gasteiger partial charge in [0.15, 0.2) is 5.13 Å². The molecule has 0 atom stereocenters. The lowest BCUT2D eigenvalue weighted by Crippen LogP contribution is -2.15. The lowest BCUT2D eigenvalue weighted by atomic mass is 9.90. The number of thiazole rings is 1. The standard InChI is InChI=1S/C27H25N3O3S2/c1-18-9-13-24(14-10-18)35(32,33)30-23-8-4-7-22(16-23)26(31)29-27-28-25(17-34-27)21-12-11-19-5-2-3-6-20(19)15-21/h4,7-17,30H,2-3,5-6H2,1H3,(H,28,29,31). The van der Waals surface area contributed by atoms with E-state index >= 15 is 0 Å². The molecule has 1 aliphatic rings. The van der Waals surface area contributed by atoms with Crippen molar-refractivity contribution in [2.45, 2.75) is 37.5 Å². The average Bonchev–Trinajstić information content (AvgIpc) is 3.32. The number of carbonyl (C=O) groups is 1. The molecule has 1 amide bonds.